The van der Waals surface area contributed by atoms with E-state index in [2.05, 4.69) is 44.1 Å². The number of aliphatic imine (C=N–C) groups is 1. The van der Waals surface area contributed by atoms with E-state index < -0.39 is 0 Å². The van der Waals surface area contributed by atoms with Crippen LogP contribution in [0.3, 0.4) is 0 Å². The summed E-state index contributed by atoms with van der Waals surface area (Å²) in [6.07, 6.45) is 0. The fourth-order valence-electron chi connectivity index (χ4n) is 2.73. The van der Waals surface area contributed by atoms with Crippen LogP contribution in [-0.2, 0) is 5.75 Å². The first kappa shape index (κ1) is 18.6. The standard InChI is InChI=1S/C19H26N2O2S/c1-6-20-19(21-7-2)24-11-14-9-18(22)23-17-8-13(5)15(12(3)4)10-16(14)17/h8-10,12H,6-7,11H2,1-5H3,(H,20,21). The molecule has 1 aromatic carbocycles. The van der Waals surface area contributed by atoms with Crippen molar-refractivity contribution >= 4 is 27.9 Å². The maximum atomic E-state index is 11.9. The first-order valence-electron chi connectivity index (χ1n) is 8.44. The minimum atomic E-state index is -0.299. The SMILES string of the molecule is CCN=C(NCC)SCc1cc(=O)oc2cc(C)c(C(C)C)cc12. The molecule has 130 valence electrons. The molecule has 2 rings (SSSR count). The van der Waals surface area contributed by atoms with E-state index in [1.807, 2.05) is 13.0 Å². The molecule has 0 spiro atoms. The lowest BCUT2D eigenvalue weighted by atomic mass is 9.95. The molecule has 1 heterocycles. The largest absolute Gasteiger partial charge is 0.423 e. The molecule has 0 atom stereocenters. The van der Waals surface area contributed by atoms with Crippen molar-refractivity contribution in [2.24, 2.45) is 4.99 Å². The zero-order valence-electron chi connectivity index (χ0n) is 15.1. The maximum Gasteiger partial charge on any atom is 0.336 e. The Morgan fingerprint density at radius 3 is 2.67 bits per heavy atom. The van der Waals surface area contributed by atoms with E-state index in [1.165, 1.54) is 5.56 Å². The molecule has 0 aliphatic rings. The Morgan fingerprint density at radius 2 is 2.04 bits per heavy atom. The summed E-state index contributed by atoms with van der Waals surface area (Å²) in [6, 6.07) is 5.74. The second kappa shape index (κ2) is 8.38. The number of aryl methyl sites for hydroxylation is 1. The summed E-state index contributed by atoms with van der Waals surface area (Å²) in [5, 5.41) is 5.20. The lowest BCUT2D eigenvalue weighted by molar-refractivity contribution is 0.559. The van der Waals surface area contributed by atoms with Gasteiger partial charge in [0.05, 0.1) is 0 Å². The van der Waals surface area contributed by atoms with Gasteiger partial charge in [0.2, 0.25) is 0 Å². The quantitative estimate of drug-likeness (QED) is 0.494. The number of fused-ring (bicyclic) bond motifs is 1. The van der Waals surface area contributed by atoms with Crippen molar-refractivity contribution in [3.8, 4) is 0 Å². The fraction of sp³-hybridized carbons (Fsp3) is 0.474. The summed E-state index contributed by atoms with van der Waals surface area (Å²) in [6.45, 7) is 12.1. The van der Waals surface area contributed by atoms with Gasteiger partial charge < -0.3 is 9.73 Å². The van der Waals surface area contributed by atoms with E-state index in [0.29, 0.717) is 17.3 Å². The highest BCUT2D eigenvalue weighted by molar-refractivity contribution is 8.13. The number of benzene rings is 1. The van der Waals surface area contributed by atoms with Crippen LogP contribution in [0.15, 0.2) is 32.4 Å². The van der Waals surface area contributed by atoms with Gasteiger partial charge in [0.15, 0.2) is 5.17 Å². The van der Waals surface area contributed by atoms with Crippen molar-refractivity contribution in [3.63, 3.8) is 0 Å². The highest BCUT2D eigenvalue weighted by atomic mass is 32.2. The van der Waals surface area contributed by atoms with Crippen LogP contribution in [0.2, 0.25) is 0 Å². The summed E-state index contributed by atoms with van der Waals surface area (Å²) in [5.74, 6) is 1.12. The first-order chi connectivity index (χ1) is 11.5. The molecule has 4 nitrogen and oxygen atoms in total. The average Bonchev–Trinajstić information content (AvgIpc) is 2.51. The molecule has 0 fully saturated rings. The Kier molecular flexibility index (Phi) is 6.49. The molecule has 1 N–H and O–H groups in total. The molecule has 5 heteroatoms. The van der Waals surface area contributed by atoms with Gasteiger partial charge in [-0.2, -0.15) is 0 Å². The molecule has 0 amide bonds. The van der Waals surface area contributed by atoms with Crippen LogP contribution < -0.4 is 10.9 Å². The number of nitrogens with zero attached hydrogens (tertiary/aromatic N) is 1. The number of hydrogen-bond acceptors (Lipinski definition) is 4. The summed E-state index contributed by atoms with van der Waals surface area (Å²) in [5.41, 5.74) is 3.81. The molecule has 2 aromatic rings. The third-order valence-corrected chi connectivity index (χ3v) is 4.84. The predicted octanol–water partition coefficient (Wildman–Crippen LogP) is 4.44. The first-order valence-corrected chi connectivity index (χ1v) is 9.43. The number of rotatable bonds is 5. The Morgan fingerprint density at radius 1 is 1.29 bits per heavy atom. The second-order valence-corrected chi connectivity index (χ2v) is 7.01. The van der Waals surface area contributed by atoms with Crippen LogP contribution in [0, 0.1) is 6.92 Å². The molecule has 24 heavy (non-hydrogen) atoms. The molecule has 1 aromatic heterocycles. The van der Waals surface area contributed by atoms with Gasteiger partial charge in [0.25, 0.3) is 0 Å². The Balaban J connectivity index is 2.43. The molecule has 0 saturated carbocycles. The third-order valence-electron chi connectivity index (χ3n) is 3.83. The van der Waals surface area contributed by atoms with Crippen LogP contribution in [-0.4, -0.2) is 18.3 Å². The van der Waals surface area contributed by atoms with Crippen molar-refractivity contribution < 1.29 is 4.42 Å². The topological polar surface area (TPSA) is 54.6 Å². The zero-order valence-corrected chi connectivity index (χ0v) is 15.9. The van der Waals surface area contributed by atoms with Gasteiger partial charge in [-0.1, -0.05) is 25.6 Å². The van der Waals surface area contributed by atoms with Crippen LogP contribution in [0.25, 0.3) is 11.0 Å². The van der Waals surface area contributed by atoms with E-state index in [1.54, 1.807) is 17.8 Å². The zero-order chi connectivity index (χ0) is 17.7. The van der Waals surface area contributed by atoms with Crippen molar-refractivity contribution in [2.75, 3.05) is 13.1 Å². The third kappa shape index (κ3) is 4.41. The van der Waals surface area contributed by atoms with E-state index in [-0.39, 0.29) is 5.63 Å². The number of amidine groups is 1. The lowest BCUT2D eigenvalue weighted by Crippen LogP contribution is -2.20. The fourth-order valence-corrected chi connectivity index (χ4v) is 3.72. The predicted molar refractivity (Wildman–Crippen MR) is 104 cm³/mol. The van der Waals surface area contributed by atoms with Gasteiger partial charge in [0.1, 0.15) is 5.58 Å². The van der Waals surface area contributed by atoms with E-state index >= 15 is 0 Å². The minimum Gasteiger partial charge on any atom is -0.423 e. The molecule has 0 bridgehead atoms. The summed E-state index contributed by atoms with van der Waals surface area (Å²) in [4.78, 5) is 16.4. The van der Waals surface area contributed by atoms with E-state index in [0.717, 1.165) is 34.8 Å². The highest BCUT2D eigenvalue weighted by Gasteiger charge is 2.12. The van der Waals surface area contributed by atoms with E-state index in [4.69, 9.17) is 4.42 Å². The average molecular weight is 346 g/mol. The van der Waals surface area contributed by atoms with Gasteiger partial charge in [-0.15, -0.1) is 0 Å². The van der Waals surface area contributed by atoms with E-state index in [9.17, 15) is 4.79 Å². The Labute approximate surface area is 147 Å². The van der Waals surface area contributed by atoms with Crippen molar-refractivity contribution in [1.29, 1.82) is 0 Å². The molecular formula is C19H26N2O2S. The van der Waals surface area contributed by atoms with Crippen LogP contribution in [0.4, 0.5) is 0 Å². The number of hydrogen-bond donors (Lipinski definition) is 1. The van der Waals surface area contributed by atoms with Crippen molar-refractivity contribution in [2.45, 2.75) is 46.3 Å². The molecule has 0 radical (unpaired) electrons. The lowest BCUT2D eigenvalue weighted by Gasteiger charge is -2.13. The minimum absolute atomic E-state index is 0.299. The summed E-state index contributed by atoms with van der Waals surface area (Å²) in [7, 11) is 0. The van der Waals surface area contributed by atoms with Crippen molar-refractivity contribution in [3.05, 3.63) is 45.3 Å². The molecule has 0 aliphatic heterocycles. The normalized spacial score (nSPS) is 12.2. The maximum absolute atomic E-state index is 11.9. The number of nitrogens with one attached hydrogen (secondary N) is 1. The van der Waals surface area contributed by atoms with Crippen LogP contribution >= 0.6 is 11.8 Å². The van der Waals surface area contributed by atoms with Crippen LogP contribution in [0.5, 0.6) is 0 Å². The number of thioether (sulfide) groups is 1. The molecule has 0 saturated heterocycles. The Hall–Kier alpha value is -1.75. The van der Waals surface area contributed by atoms with Crippen LogP contribution in [0.1, 0.15) is 50.3 Å². The van der Waals surface area contributed by atoms with Gasteiger partial charge in [0, 0.05) is 30.3 Å². The molecular weight excluding hydrogens is 320 g/mol. The van der Waals surface area contributed by atoms with Gasteiger partial charge in [-0.25, -0.2) is 4.79 Å². The molecule has 0 unspecified atom stereocenters. The summed E-state index contributed by atoms with van der Waals surface area (Å²) < 4.78 is 5.41. The summed E-state index contributed by atoms with van der Waals surface area (Å²) >= 11 is 1.62. The second-order valence-electron chi connectivity index (χ2n) is 6.05. The van der Waals surface area contributed by atoms with Gasteiger partial charge in [-0.3, -0.25) is 4.99 Å². The van der Waals surface area contributed by atoms with Crippen molar-refractivity contribution in [1.82, 2.24) is 5.32 Å². The molecule has 0 aliphatic carbocycles. The highest BCUT2D eigenvalue weighted by Crippen LogP contribution is 2.28. The van der Waals surface area contributed by atoms with Gasteiger partial charge >= 0.3 is 5.63 Å². The van der Waals surface area contributed by atoms with Gasteiger partial charge in [-0.05, 0) is 55.5 Å². The monoisotopic (exact) mass is 346 g/mol. The smallest absolute Gasteiger partial charge is 0.336 e. The Bertz CT molecular complexity index is 794.